The highest BCUT2D eigenvalue weighted by atomic mass is 79.9. The highest BCUT2D eigenvalue weighted by Crippen LogP contribution is 2.50. The fraction of sp³-hybridized carbons (Fsp3) is 0.500. The molecule has 0 spiro atoms. The van der Waals surface area contributed by atoms with Crippen LogP contribution in [0.25, 0.3) is 10.9 Å². The third kappa shape index (κ3) is 4.43. The lowest BCUT2D eigenvalue weighted by molar-refractivity contribution is 0.0518. The molecular formula is C24H27BrFN5O4S. The van der Waals surface area contributed by atoms with E-state index in [0.29, 0.717) is 22.4 Å². The molecule has 3 heterocycles. The maximum absolute atomic E-state index is 15.6. The number of halogens is 2. The van der Waals surface area contributed by atoms with Crippen molar-refractivity contribution in [3.8, 4) is 6.07 Å². The van der Waals surface area contributed by atoms with Crippen molar-refractivity contribution in [2.45, 2.75) is 62.7 Å². The van der Waals surface area contributed by atoms with Gasteiger partial charge in [-0.2, -0.15) is 5.26 Å². The molecule has 1 aromatic heterocycles. The second-order valence-corrected chi connectivity index (χ2v) is 11.5. The molecule has 2 saturated heterocycles. The van der Waals surface area contributed by atoms with Crippen LogP contribution in [0.15, 0.2) is 15.6 Å². The van der Waals surface area contributed by atoms with E-state index in [1.54, 1.807) is 33.1 Å². The topological polar surface area (TPSA) is 133 Å². The number of nitrogens with zero attached hydrogens (tertiary/aromatic N) is 4. The monoisotopic (exact) mass is 579 g/mol. The highest BCUT2D eigenvalue weighted by molar-refractivity contribution is 9.10. The van der Waals surface area contributed by atoms with Gasteiger partial charge in [0, 0.05) is 24.3 Å². The molecule has 3 aliphatic rings. The van der Waals surface area contributed by atoms with Crippen LogP contribution < -0.4 is 10.6 Å². The number of thioether (sulfide) groups is 1. The Kier molecular flexibility index (Phi) is 7.00. The van der Waals surface area contributed by atoms with Gasteiger partial charge in [0.05, 0.1) is 34.0 Å². The van der Waals surface area contributed by atoms with E-state index in [9.17, 15) is 14.7 Å². The molecule has 36 heavy (non-hydrogen) atoms. The van der Waals surface area contributed by atoms with Crippen molar-refractivity contribution in [1.29, 1.82) is 5.26 Å². The lowest BCUT2D eigenvalue weighted by Gasteiger charge is -2.44. The highest BCUT2D eigenvalue weighted by Gasteiger charge is 2.58. The van der Waals surface area contributed by atoms with E-state index in [2.05, 4.69) is 27.0 Å². The zero-order valence-electron chi connectivity index (χ0n) is 20.3. The van der Waals surface area contributed by atoms with Gasteiger partial charge in [0.25, 0.3) is 0 Å². The molecule has 192 valence electrons. The molecule has 12 heteroatoms. The lowest BCUT2D eigenvalue weighted by Crippen LogP contribution is -2.58. The molecule has 0 unspecified atom stereocenters. The largest absolute Gasteiger partial charge is 0.465 e. The Hall–Kier alpha value is -2.78. The molecule has 5 rings (SSSR count). The summed E-state index contributed by atoms with van der Waals surface area (Å²) in [7, 11) is 0. The average Bonchev–Trinajstić information content (AvgIpc) is 3.39. The number of nitrogens with two attached hydrogens (primary N) is 1. The summed E-state index contributed by atoms with van der Waals surface area (Å²) in [5.74, 6) is -0.734. The number of hydrogen-bond acceptors (Lipinski definition) is 7. The number of aromatic nitrogens is 1. The fourth-order valence-electron chi connectivity index (χ4n) is 5.02. The van der Waals surface area contributed by atoms with Gasteiger partial charge in [-0.3, -0.25) is 4.90 Å². The van der Waals surface area contributed by atoms with Gasteiger partial charge in [0.15, 0.2) is 5.82 Å². The number of carbonyl (C=O) groups is 2. The third-order valence-electron chi connectivity index (χ3n) is 6.54. The molecular weight excluding hydrogens is 553 g/mol. The molecule has 1 aliphatic carbocycles. The molecule has 9 nitrogen and oxygen atoms in total. The summed E-state index contributed by atoms with van der Waals surface area (Å²) >= 11 is 4.51. The number of ether oxygens (including phenoxy) is 1. The molecule has 2 aromatic rings. The molecule has 1 aromatic carbocycles. The van der Waals surface area contributed by atoms with Crippen LogP contribution in [0.4, 0.5) is 25.4 Å². The molecule has 3 N–H and O–H groups in total. The van der Waals surface area contributed by atoms with Gasteiger partial charge in [0.2, 0.25) is 0 Å². The minimum absolute atomic E-state index is 0.0199. The van der Waals surface area contributed by atoms with Crippen molar-refractivity contribution in [2.75, 3.05) is 23.4 Å². The van der Waals surface area contributed by atoms with Crippen molar-refractivity contribution in [1.82, 2.24) is 9.88 Å². The number of rotatable bonds is 5. The molecule has 3 fully saturated rings. The van der Waals surface area contributed by atoms with E-state index in [4.69, 9.17) is 15.7 Å². The Morgan fingerprint density at radius 2 is 2.17 bits per heavy atom. The normalized spacial score (nSPS) is 20.7. The lowest BCUT2D eigenvalue weighted by atomic mass is 9.78. The van der Waals surface area contributed by atoms with Crippen molar-refractivity contribution < 1.29 is 23.8 Å². The van der Waals surface area contributed by atoms with E-state index in [1.807, 2.05) is 0 Å². The number of pyridine rings is 1. The number of anilines is 2. The molecule has 2 aliphatic heterocycles. The van der Waals surface area contributed by atoms with Gasteiger partial charge in [-0.25, -0.2) is 19.0 Å². The Morgan fingerprint density at radius 3 is 2.72 bits per heavy atom. The Balaban J connectivity index is 1.99. The first-order chi connectivity index (χ1) is 16.9. The van der Waals surface area contributed by atoms with Gasteiger partial charge in [0.1, 0.15) is 16.1 Å². The third-order valence-corrected chi connectivity index (χ3v) is 8.09. The Bertz CT molecular complexity index is 1290. The quantitative estimate of drug-likeness (QED) is 0.450. The molecule has 0 radical (unpaired) electrons. The molecule has 2 bridgehead atoms. The van der Waals surface area contributed by atoms with Crippen molar-refractivity contribution in [2.24, 2.45) is 5.92 Å². The summed E-state index contributed by atoms with van der Waals surface area (Å²) in [4.78, 5) is 32.7. The Morgan fingerprint density at radius 1 is 1.47 bits per heavy atom. The smallest absolute Gasteiger partial charge is 0.415 e. The number of nitrogen functional groups attached to an aromatic ring is 1. The van der Waals surface area contributed by atoms with Gasteiger partial charge in [-0.1, -0.05) is 0 Å². The van der Waals surface area contributed by atoms with Crippen molar-refractivity contribution in [3.63, 3.8) is 0 Å². The summed E-state index contributed by atoms with van der Waals surface area (Å²) in [5, 5.41) is 19.4. The summed E-state index contributed by atoms with van der Waals surface area (Å²) in [6.45, 7) is 5.50. The van der Waals surface area contributed by atoms with Gasteiger partial charge in [-0.05, 0) is 67.4 Å². The maximum atomic E-state index is 15.6. The van der Waals surface area contributed by atoms with Crippen LogP contribution in [-0.4, -0.2) is 57.7 Å². The first-order valence-electron chi connectivity index (χ1n) is 11.4. The van der Waals surface area contributed by atoms with E-state index in [0.717, 1.165) is 0 Å². The number of hydrogen-bond donors (Lipinski definition) is 2. The number of aryl methyl sites for hydroxylation is 1. The summed E-state index contributed by atoms with van der Waals surface area (Å²) < 4.78 is 21.6. The first-order valence-corrected chi connectivity index (χ1v) is 13.4. The summed E-state index contributed by atoms with van der Waals surface area (Å²) in [6.07, 6.45) is 1.06. The minimum atomic E-state index is -1.06. The van der Waals surface area contributed by atoms with Gasteiger partial charge < -0.3 is 20.5 Å². The number of carboxylic acid groups (broad SMARTS) is 1. The zero-order chi connectivity index (χ0) is 26.5. The van der Waals surface area contributed by atoms with Gasteiger partial charge >= 0.3 is 12.2 Å². The van der Waals surface area contributed by atoms with Gasteiger partial charge in [-0.15, -0.1) is 11.8 Å². The van der Waals surface area contributed by atoms with Crippen LogP contribution >= 0.6 is 27.7 Å². The van der Waals surface area contributed by atoms with Crippen LogP contribution in [0.5, 0.6) is 0 Å². The molecule has 3 atom stereocenters. The predicted octanol–water partition coefficient (Wildman–Crippen LogP) is 5.39. The number of amides is 2. The van der Waals surface area contributed by atoms with E-state index >= 15 is 4.39 Å². The fourth-order valence-corrected chi connectivity index (χ4v) is 6.02. The minimum Gasteiger partial charge on any atom is -0.465 e. The number of benzene rings is 1. The van der Waals surface area contributed by atoms with Crippen molar-refractivity contribution in [3.05, 3.63) is 21.9 Å². The van der Waals surface area contributed by atoms with Crippen molar-refractivity contribution >= 4 is 62.2 Å². The number of nitriles is 1. The maximum Gasteiger partial charge on any atom is 0.415 e. The standard InChI is InChI=1S/C24H27BrFN5O4S/c1-24(2,3)35-23(34)31(19-12-9-14(19)30(10-12)22(32)33)20-13-8-11(6-5-7-27)15(25)16(26)18(13)29-21(36-4)17(20)28/h8,12,14,19H,5-6,9-10,28H2,1-4H3,(H,32,33)/t12-,14-,19+/m1/s1. The van der Waals surface area contributed by atoms with Crippen LogP contribution in [0.3, 0.4) is 0 Å². The second-order valence-electron chi connectivity index (χ2n) is 9.94. The summed E-state index contributed by atoms with van der Waals surface area (Å²) in [5.41, 5.74) is 6.72. The second kappa shape index (κ2) is 9.59. The van der Waals surface area contributed by atoms with E-state index in [1.165, 1.54) is 21.6 Å². The Labute approximate surface area is 220 Å². The average molecular weight is 580 g/mol. The first kappa shape index (κ1) is 26.3. The van der Waals surface area contributed by atoms with Crippen LogP contribution in [0.2, 0.25) is 0 Å². The number of fused-ring (bicyclic) bond motifs is 2. The van der Waals surface area contributed by atoms with E-state index < -0.39 is 35.7 Å². The van der Waals surface area contributed by atoms with E-state index in [-0.39, 0.29) is 46.7 Å². The summed E-state index contributed by atoms with van der Waals surface area (Å²) in [6, 6.07) is 2.80. The molecule has 1 saturated carbocycles. The van der Waals surface area contributed by atoms with Crippen LogP contribution in [0, 0.1) is 23.1 Å². The van der Waals surface area contributed by atoms with Crippen LogP contribution in [0.1, 0.15) is 39.2 Å². The molecule has 2 amide bonds. The number of carbonyl (C=O) groups excluding carboxylic acids is 1. The SMILES string of the molecule is CSc1nc2c(F)c(Br)c(CCC#N)cc2c(N(C(=O)OC(C)(C)C)[C@H]2[C@@H]3C[C@H]2N(C(=O)O)C3)c1N. The van der Waals surface area contributed by atoms with Crippen LogP contribution in [-0.2, 0) is 11.2 Å². The predicted molar refractivity (Wildman–Crippen MR) is 139 cm³/mol. The zero-order valence-corrected chi connectivity index (χ0v) is 22.7.